The second kappa shape index (κ2) is 10.2. The van der Waals surface area contributed by atoms with Crippen molar-refractivity contribution in [2.45, 2.75) is 20.4 Å². The average molecular weight is 460 g/mol. The van der Waals surface area contributed by atoms with Crippen molar-refractivity contribution < 1.29 is 22.7 Å². The van der Waals surface area contributed by atoms with E-state index in [0.717, 1.165) is 5.56 Å². The number of anilines is 1. The third kappa shape index (κ3) is 5.53. The van der Waals surface area contributed by atoms with Crippen LogP contribution >= 0.6 is 0 Å². The molecule has 1 fully saturated rings. The Labute approximate surface area is 189 Å². The van der Waals surface area contributed by atoms with Crippen molar-refractivity contribution in [2.75, 3.05) is 44.4 Å². The fourth-order valence-corrected chi connectivity index (χ4v) is 4.75. The first-order chi connectivity index (χ1) is 15.2. The number of hydrogen-bond acceptors (Lipinski definition) is 6. The Bertz CT molecular complexity index is 1080. The minimum atomic E-state index is -3.13. The predicted octanol–water partition coefficient (Wildman–Crippen LogP) is 2.50. The van der Waals surface area contributed by atoms with Gasteiger partial charge in [-0.2, -0.15) is 4.31 Å². The van der Waals surface area contributed by atoms with E-state index in [1.54, 1.807) is 48.5 Å². The number of rotatable bonds is 7. The molecule has 3 rings (SSSR count). The van der Waals surface area contributed by atoms with Crippen LogP contribution in [0, 0.1) is 6.92 Å². The molecule has 2 aromatic carbocycles. The number of esters is 1. The van der Waals surface area contributed by atoms with Crippen molar-refractivity contribution in [1.29, 1.82) is 0 Å². The Morgan fingerprint density at radius 1 is 1.03 bits per heavy atom. The number of hydrogen-bond donors (Lipinski definition) is 1. The molecule has 32 heavy (non-hydrogen) atoms. The number of methoxy groups -OCH3 is 1. The van der Waals surface area contributed by atoms with Crippen LogP contribution in [-0.4, -0.2) is 68.5 Å². The van der Waals surface area contributed by atoms with E-state index in [0.29, 0.717) is 55.1 Å². The van der Waals surface area contributed by atoms with Crippen LogP contribution in [0.5, 0.6) is 0 Å². The first-order valence-electron chi connectivity index (χ1n) is 10.5. The van der Waals surface area contributed by atoms with E-state index >= 15 is 0 Å². The first-order valence-corrected chi connectivity index (χ1v) is 12.1. The lowest BCUT2D eigenvalue weighted by Crippen LogP contribution is -2.48. The number of nitrogens with one attached hydrogen (secondary N) is 1. The molecule has 0 atom stereocenters. The van der Waals surface area contributed by atoms with Crippen LogP contribution < -0.4 is 5.32 Å². The van der Waals surface area contributed by atoms with Crippen LogP contribution in [-0.2, 0) is 21.3 Å². The average Bonchev–Trinajstić information content (AvgIpc) is 2.80. The van der Waals surface area contributed by atoms with Gasteiger partial charge >= 0.3 is 5.97 Å². The van der Waals surface area contributed by atoms with Crippen molar-refractivity contribution >= 4 is 27.6 Å². The fraction of sp³-hybridized carbons (Fsp3) is 0.391. The second-order valence-corrected chi connectivity index (χ2v) is 9.95. The lowest BCUT2D eigenvalue weighted by molar-refractivity contribution is 0.0599. The summed E-state index contributed by atoms with van der Waals surface area (Å²) < 4.78 is 30.3. The number of amides is 1. The molecular formula is C23H29N3O5S. The molecule has 2 aromatic rings. The van der Waals surface area contributed by atoms with Gasteiger partial charge in [0.2, 0.25) is 10.0 Å². The van der Waals surface area contributed by atoms with E-state index in [-0.39, 0.29) is 11.7 Å². The number of carbonyl (C=O) groups is 2. The highest BCUT2D eigenvalue weighted by molar-refractivity contribution is 7.89. The van der Waals surface area contributed by atoms with Gasteiger partial charge in [-0.1, -0.05) is 18.2 Å². The lowest BCUT2D eigenvalue weighted by atomic mass is 10.1. The molecule has 0 spiro atoms. The zero-order chi connectivity index (χ0) is 23.3. The lowest BCUT2D eigenvalue weighted by Gasteiger charge is -2.33. The molecule has 8 nitrogen and oxygen atoms in total. The topological polar surface area (TPSA) is 96.0 Å². The van der Waals surface area contributed by atoms with Gasteiger partial charge in [-0.05, 0) is 49.2 Å². The molecule has 1 amide bonds. The van der Waals surface area contributed by atoms with Gasteiger partial charge in [0.05, 0.1) is 18.4 Å². The molecule has 0 radical (unpaired) electrons. The molecule has 0 aromatic heterocycles. The van der Waals surface area contributed by atoms with E-state index in [1.165, 1.54) is 7.11 Å². The van der Waals surface area contributed by atoms with Gasteiger partial charge in [0.25, 0.3) is 5.91 Å². The molecule has 1 aliphatic rings. The summed E-state index contributed by atoms with van der Waals surface area (Å²) in [6, 6.07) is 12.4. The standard InChI is InChI=1S/C23H29N3O5S/c1-4-32(29,30)26-14-12-25(13-15-26)16-18-8-10-19(11-9-18)22(27)24-21-7-5-6-20(17(21)2)23(28)31-3/h5-11H,4,12-16H2,1-3H3,(H,24,27). The molecule has 0 aliphatic carbocycles. The van der Waals surface area contributed by atoms with Crippen LogP contribution in [0.15, 0.2) is 42.5 Å². The number of benzene rings is 2. The summed E-state index contributed by atoms with van der Waals surface area (Å²) in [7, 11) is -1.81. The number of sulfonamides is 1. The van der Waals surface area contributed by atoms with Gasteiger partial charge in [-0.15, -0.1) is 0 Å². The van der Waals surface area contributed by atoms with Crippen LogP contribution in [0.25, 0.3) is 0 Å². The molecule has 0 unspecified atom stereocenters. The summed E-state index contributed by atoms with van der Waals surface area (Å²) in [6.07, 6.45) is 0. The van der Waals surface area contributed by atoms with E-state index in [1.807, 2.05) is 12.1 Å². The zero-order valence-electron chi connectivity index (χ0n) is 18.6. The maximum absolute atomic E-state index is 12.7. The predicted molar refractivity (Wildman–Crippen MR) is 123 cm³/mol. The van der Waals surface area contributed by atoms with Crippen molar-refractivity contribution in [3.8, 4) is 0 Å². The zero-order valence-corrected chi connectivity index (χ0v) is 19.4. The minimum Gasteiger partial charge on any atom is -0.465 e. The van der Waals surface area contributed by atoms with E-state index in [9.17, 15) is 18.0 Å². The maximum atomic E-state index is 12.7. The van der Waals surface area contributed by atoms with Crippen LogP contribution in [0.2, 0.25) is 0 Å². The Hall–Kier alpha value is -2.75. The quantitative estimate of drug-likeness (QED) is 0.639. The van der Waals surface area contributed by atoms with Crippen LogP contribution in [0.1, 0.15) is 38.8 Å². The molecular weight excluding hydrogens is 430 g/mol. The Morgan fingerprint density at radius 3 is 2.28 bits per heavy atom. The third-order valence-electron chi connectivity index (χ3n) is 5.70. The summed E-state index contributed by atoms with van der Waals surface area (Å²) >= 11 is 0. The molecule has 172 valence electrons. The van der Waals surface area contributed by atoms with E-state index in [4.69, 9.17) is 4.74 Å². The fourth-order valence-electron chi connectivity index (χ4n) is 3.66. The van der Waals surface area contributed by atoms with Gasteiger partial charge in [0.1, 0.15) is 0 Å². The van der Waals surface area contributed by atoms with Crippen molar-refractivity contribution in [1.82, 2.24) is 9.21 Å². The number of nitrogens with zero attached hydrogens (tertiary/aromatic N) is 2. The highest BCUT2D eigenvalue weighted by atomic mass is 32.2. The van der Waals surface area contributed by atoms with E-state index in [2.05, 4.69) is 10.2 Å². The molecule has 0 saturated carbocycles. The van der Waals surface area contributed by atoms with Gasteiger partial charge in [-0.3, -0.25) is 9.69 Å². The first kappa shape index (κ1) is 23.9. The maximum Gasteiger partial charge on any atom is 0.338 e. The molecule has 1 heterocycles. The number of ether oxygens (including phenoxy) is 1. The van der Waals surface area contributed by atoms with Crippen molar-refractivity contribution in [3.63, 3.8) is 0 Å². The molecule has 1 N–H and O–H groups in total. The number of piperazine rings is 1. The third-order valence-corrected chi connectivity index (χ3v) is 7.58. The van der Waals surface area contributed by atoms with Crippen LogP contribution in [0.3, 0.4) is 0 Å². The minimum absolute atomic E-state index is 0.128. The molecule has 0 bridgehead atoms. The Morgan fingerprint density at radius 2 is 1.69 bits per heavy atom. The van der Waals surface area contributed by atoms with Gasteiger partial charge in [0.15, 0.2) is 0 Å². The smallest absolute Gasteiger partial charge is 0.338 e. The summed E-state index contributed by atoms with van der Waals surface area (Å²) in [4.78, 5) is 26.7. The van der Waals surface area contributed by atoms with Gasteiger partial charge < -0.3 is 10.1 Å². The summed E-state index contributed by atoms with van der Waals surface area (Å²) in [5.41, 5.74) is 3.18. The van der Waals surface area contributed by atoms with Gasteiger partial charge in [-0.25, -0.2) is 13.2 Å². The molecule has 9 heteroatoms. The Balaban J connectivity index is 1.59. The monoisotopic (exact) mass is 459 g/mol. The van der Waals surface area contributed by atoms with Crippen molar-refractivity contribution in [3.05, 3.63) is 64.7 Å². The SMILES string of the molecule is CCS(=O)(=O)N1CCN(Cc2ccc(C(=O)Nc3cccc(C(=O)OC)c3C)cc2)CC1. The highest BCUT2D eigenvalue weighted by Crippen LogP contribution is 2.21. The summed E-state index contributed by atoms with van der Waals surface area (Å²) in [6.45, 7) is 6.48. The summed E-state index contributed by atoms with van der Waals surface area (Å²) in [5, 5.41) is 2.85. The molecule has 1 saturated heterocycles. The summed E-state index contributed by atoms with van der Waals surface area (Å²) in [5.74, 6) is -0.584. The van der Waals surface area contributed by atoms with Crippen molar-refractivity contribution in [2.24, 2.45) is 0 Å². The van der Waals surface area contributed by atoms with Crippen LogP contribution in [0.4, 0.5) is 5.69 Å². The normalized spacial score (nSPS) is 15.3. The Kier molecular flexibility index (Phi) is 7.65. The van der Waals surface area contributed by atoms with E-state index < -0.39 is 16.0 Å². The second-order valence-electron chi connectivity index (χ2n) is 7.70. The largest absolute Gasteiger partial charge is 0.465 e. The highest BCUT2D eigenvalue weighted by Gasteiger charge is 2.25. The molecule has 1 aliphatic heterocycles. The number of carbonyl (C=O) groups excluding carboxylic acids is 2. The van der Waals surface area contributed by atoms with Gasteiger partial charge in [0, 0.05) is 44.0 Å².